The van der Waals surface area contributed by atoms with Gasteiger partial charge in [0.2, 0.25) is 5.91 Å². The molecule has 0 spiro atoms. The standard InChI is InChI=1S/C23H25N5O2S/c1-16-17(2)31-22-21(16)23(30)28(15-25-22)11-8-20(29)27-10-3-9-26(12-13-27)19-6-4-18(14-24)5-7-19/h4-7,15H,3,8-13H2,1-2H3. The van der Waals surface area contributed by atoms with Crippen LogP contribution in [-0.4, -0.2) is 46.5 Å². The summed E-state index contributed by atoms with van der Waals surface area (Å²) in [4.78, 5) is 36.1. The fourth-order valence-corrected chi connectivity index (χ4v) is 4.96. The summed E-state index contributed by atoms with van der Waals surface area (Å²) in [7, 11) is 0. The van der Waals surface area contributed by atoms with Gasteiger partial charge in [-0.1, -0.05) is 0 Å². The predicted octanol–water partition coefficient (Wildman–Crippen LogP) is 3.08. The average molecular weight is 436 g/mol. The largest absolute Gasteiger partial charge is 0.370 e. The summed E-state index contributed by atoms with van der Waals surface area (Å²) in [5, 5.41) is 9.64. The first-order valence-corrected chi connectivity index (χ1v) is 11.3. The summed E-state index contributed by atoms with van der Waals surface area (Å²) in [6, 6.07) is 9.70. The number of thiophene rings is 1. The van der Waals surface area contributed by atoms with Gasteiger partial charge in [0.05, 0.1) is 23.3 Å². The second kappa shape index (κ2) is 8.90. The van der Waals surface area contributed by atoms with Crippen molar-refractivity contribution in [2.75, 3.05) is 31.1 Å². The third-order valence-corrected chi connectivity index (χ3v) is 7.05. The fraction of sp³-hybridized carbons (Fsp3) is 0.391. The molecule has 2 aromatic heterocycles. The van der Waals surface area contributed by atoms with Crippen LogP contribution in [0.1, 0.15) is 28.8 Å². The Labute approximate surface area is 185 Å². The number of hydrogen-bond donors (Lipinski definition) is 0. The molecule has 0 N–H and O–H groups in total. The van der Waals surface area contributed by atoms with E-state index in [0.717, 1.165) is 40.5 Å². The van der Waals surface area contributed by atoms with E-state index in [1.807, 2.05) is 43.0 Å². The first kappa shape index (κ1) is 21.1. The van der Waals surface area contributed by atoms with E-state index in [2.05, 4.69) is 16.0 Å². The second-order valence-corrected chi connectivity index (χ2v) is 9.04. The van der Waals surface area contributed by atoms with Crippen LogP contribution in [0.2, 0.25) is 0 Å². The minimum absolute atomic E-state index is 0.0619. The van der Waals surface area contributed by atoms with Gasteiger partial charge < -0.3 is 9.80 Å². The van der Waals surface area contributed by atoms with Crippen LogP contribution in [-0.2, 0) is 11.3 Å². The SMILES string of the molecule is Cc1sc2ncn(CCC(=O)N3CCCN(c4ccc(C#N)cc4)CC3)c(=O)c2c1C. The molecule has 160 valence electrons. The Morgan fingerprint density at radius 2 is 1.94 bits per heavy atom. The summed E-state index contributed by atoms with van der Waals surface area (Å²) >= 11 is 1.53. The highest BCUT2D eigenvalue weighted by Gasteiger charge is 2.20. The van der Waals surface area contributed by atoms with Crippen molar-refractivity contribution in [2.45, 2.75) is 33.2 Å². The van der Waals surface area contributed by atoms with Crippen LogP contribution in [0.25, 0.3) is 10.2 Å². The highest BCUT2D eigenvalue weighted by molar-refractivity contribution is 7.18. The van der Waals surface area contributed by atoms with Gasteiger partial charge in [-0.25, -0.2) is 4.98 Å². The molecule has 1 saturated heterocycles. The third kappa shape index (κ3) is 4.32. The number of aromatic nitrogens is 2. The zero-order valence-corrected chi connectivity index (χ0v) is 18.6. The molecular weight excluding hydrogens is 410 g/mol. The number of hydrogen-bond acceptors (Lipinski definition) is 6. The molecule has 1 aliphatic rings. The summed E-state index contributed by atoms with van der Waals surface area (Å²) in [6.45, 7) is 7.25. The van der Waals surface area contributed by atoms with E-state index in [4.69, 9.17) is 5.26 Å². The lowest BCUT2D eigenvalue weighted by molar-refractivity contribution is -0.131. The van der Waals surface area contributed by atoms with E-state index in [1.54, 1.807) is 10.9 Å². The van der Waals surface area contributed by atoms with Crippen LogP contribution in [0.15, 0.2) is 35.4 Å². The molecule has 0 unspecified atom stereocenters. The van der Waals surface area contributed by atoms with Crippen molar-refractivity contribution in [2.24, 2.45) is 0 Å². The summed E-state index contributed by atoms with van der Waals surface area (Å²) in [6.07, 6.45) is 2.72. The number of rotatable bonds is 4. The lowest BCUT2D eigenvalue weighted by Gasteiger charge is -2.24. The molecule has 1 fully saturated rings. The Balaban J connectivity index is 1.38. The number of fused-ring (bicyclic) bond motifs is 1. The van der Waals surface area contributed by atoms with Crippen LogP contribution in [0, 0.1) is 25.2 Å². The minimum Gasteiger partial charge on any atom is -0.370 e. The van der Waals surface area contributed by atoms with E-state index < -0.39 is 0 Å². The maximum absolute atomic E-state index is 12.8. The quantitative estimate of drug-likeness (QED) is 0.629. The van der Waals surface area contributed by atoms with Gasteiger partial charge in [0.25, 0.3) is 5.56 Å². The number of carbonyl (C=O) groups is 1. The predicted molar refractivity (Wildman–Crippen MR) is 123 cm³/mol. The smallest absolute Gasteiger partial charge is 0.262 e. The molecule has 0 saturated carbocycles. The molecule has 0 bridgehead atoms. The van der Waals surface area contributed by atoms with Crippen LogP contribution in [0.4, 0.5) is 5.69 Å². The molecule has 3 heterocycles. The van der Waals surface area contributed by atoms with Gasteiger partial charge in [-0.05, 0) is 50.1 Å². The molecule has 0 radical (unpaired) electrons. The van der Waals surface area contributed by atoms with E-state index in [9.17, 15) is 9.59 Å². The van der Waals surface area contributed by atoms with Crippen molar-refractivity contribution in [3.63, 3.8) is 0 Å². The van der Waals surface area contributed by atoms with Crippen LogP contribution >= 0.6 is 11.3 Å². The van der Waals surface area contributed by atoms with Gasteiger partial charge in [-0.2, -0.15) is 5.26 Å². The molecule has 4 rings (SSSR count). The molecular formula is C23H25N5O2S. The van der Waals surface area contributed by atoms with E-state index in [-0.39, 0.29) is 17.9 Å². The van der Waals surface area contributed by atoms with Crippen molar-refractivity contribution in [1.82, 2.24) is 14.5 Å². The molecule has 1 aromatic carbocycles. The number of amides is 1. The first-order chi connectivity index (χ1) is 15.0. The minimum atomic E-state index is -0.0671. The molecule has 0 aliphatic carbocycles. The van der Waals surface area contributed by atoms with Crippen LogP contribution in [0.5, 0.6) is 0 Å². The van der Waals surface area contributed by atoms with E-state index in [1.165, 1.54) is 11.3 Å². The number of aryl methyl sites for hydroxylation is 3. The molecule has 8 heteroatoms. The summed E-state index contributed by atoms with van der Waals surface area (Å²) in [5.41, 5.74) is 2.63. The monoisotopic (exact) mass is 435 g/mol. The third-order valence-electron chi connectivity index (χ3n) is 5.93. The zero-order valence-electron chi connectivity index (χ0n) is 17.8. The molecule has 7 nitrogen and oxygen atoms in total. The van der Waals surface area contributed by atoms with Crippen molar-refractivity contribution in [3.8, 4) is 6.07 Å². The topological polar surface area (TPSA) is 82.2 Å². The lowest BCUT2D eigenvalue weighted by atomic mass is 10.2. The van der Waals surface area contributed by atoms with Crippen molar-refractivity contribution >= 4 is 33.1 Å². The van der Waals surface area contributed by atoms with Gasteiger partial charge >= 0.3 is 0 Å². The molecule has 1 aliphatic heterocycles. The Hall–Kier alpha value is -3.18. The van der Waals surface area contributed by atoms with Crippen LogP contribution in [0.3, 0.4) is 0 Å². The highest BCUT2D eigenvalue weighted by Crippen LogP contribution is 2.25. The molecule has 1 amide bonds. The Morgan fingerprint density at radius 1 is 1.16 bits per heavy atom. The van der Waals surface area contributed by atoms with Crippen molar-refractivity contribution in [1.29, 1.82) is 5.26 Å². The Morgan fingerprint density at radius 3 is 2.68 bits per heavy atom. The number of nitriles is 1. The molecule has 3 aromatic rings. The van der Waals surface area contributed by atoms with Crippen molar-refractivity contribution < 1.29 is 4.79 Å². The molecule has 31 heavy (non-hydrogen) atoms. The van der Waals surface area contributed by atoms with Gasteiger partial charge in [-0.15, -0.1) is 11.3 Å². The Bertz CT molecular complexity index is 1210. The van der Waals surface area contributed by atoms with Crippen molar-refractivity contribution in [3.05, 3.63) is 57.0 Å². The second-order valence-electron chi connectivity index (χ2n) is 7.84. The number of carbonyl (C=O) groups excluding carboxylic acids is 1. The fourth-order valence-electron chi connectivity index (χ4n) is 3.98. The van der Waals surface area contributed by atoms with Crippen LogP contribution < -0.4 is 10.5 Å². The van der Waals surface area contributed by atoms with Gasteiger partial charge in [0, 0.05) is 49.7 Å². The number of benzene rings is 1. The maximum atomic E-state index is 12.8. The molecule has 0 atom stereocenters. The van der Waals surface area contributed by atoms with E-state index >= 15 is 0 Å². The summed E-state index contributed by atoms with van der Waals surface area (Å²) < 4.78 is 1.56. The van der Waals surface area contributed by atoms with Gasteiger partial charge in [0.1, 0.15) is 4.83 Å². The number of nitrogens with zero attached hydrogens (tertiary/aromatic N) is 5. The highest BCUT2D eigenvalue weighted by atomic mass is 32.1. The maximum Gasteiger partial charge on any atom is 0.262 e. The van der Waals surface area contributed by atoms with Gasteiger partial charge in [-0.3, -0.25) is 14.2 Å². The van der Waals surface area contributed by atoms with Gasteiger partial charge in [0.15, 0.2) is 0 Å². The zero-order chi connectivity index (χ0) is 22.0. The Kier molecular flexibility index (Phi) is 6.05. The van der Waals surface area contributed by atoms with E-state index in [0.29, 0.717) is 30.6 Å². The normalized spacial score (nSPS) is 14.5. The average Bonchev–Trinajstić information content (AvgIpc) is 2.95. The number of anilines is 1. The lowest BCUT2D eigenvalue weighted by Crippen LogP contribution is -2.36. The summed E-state index contributed by atoms with van der Waals surface area (Å²) in [5.74, 6) is 0.0619. The first-order valence-electron chi connectivity index (χ1n) is 10.5.